The summed E-state index contributed by atoms with van der Waals surface area (Å²) in [7, 11) is 0. The number of aliphatic hydroxyl groups excluding tert-OH is 1. The molecule has 0 spiro atoms. The molecular formula is C6H9NO. The van der Waals surface area contributed by atoms with Gasteiger partial charge in [0.25, 0.3) is 0 Å². The molecule has 1 N–H and O–H groups in total. The molecule has 0 aromatic carbocycles. The predicted octanol–water partition coefficient (Wildman–Crippen LogP) is 1.75. The van der Waals surface area contributed by atoms with Crippen LogP contribution in [0.25, 0.3) is 0 Å². The fourth-order valence-corrected chi connectivity index (χ4v) is 0.263. The van der Waals surface area contributed by atoms with Crippen LogP contribution in [0.5, 0.6) is 0 Å². The van der Waals surface area contributed by atoms with E-state index in [9.17, 15) is 0 Å². The van der Waals surface area contributed by atoms with Gasteiger partial charge in [0, 0.05) is 0 Å². The average Bonchev–Trinajstić information content (AvgIpc) is 1.84. The van der Waals surface area contributed by atoms with Crippen molar-refractivity contribution in [2.24, 2.45) is 0 Å². The summed E-state index contributed by atoms with van der Waals surface area (Å²) in [6, 6.07) is 1.65. The van der Waals surface area contributed by atoms with Crippen molar-refractivity contribution in [2.45, 2.75) is 20.3 Å². The van der Waals surface area contributed by atoms with Crippen LogP contribution >= 0.6 is 0 Å². The summed E-state index contributed by atoms with van der Waals surface area (Å²) in [6.45, 7) is 3.63. The fraction of sp³-hybridized carbons (Fsp3) is 0.500. The summed E-state index contributed by atoms with van der Waals surface area (Å²) >= 11 is 0. The Kier molecular flexibility index (Phi) is 2.71. The van der Waals surface area contributed by atoms with E-state index in [4.69, 9.17) is 10.4 Å². The van der Waals surface area contributed by atoms with Crippen LogP contribution in [0.1, 0.15) is 20.3 Å². The van der Waals surface area contributed by atoms with Gasteiger partial charge in [-0.2, -0.15) is 5.26 Å². The monoisotopic (exact) mass is 111 g/mol. The second-order valence-electron chi connectivity index (χ2n) is 1.59. The molecule has 2 heteroatoms. The van der Waals surface area contributed by atoms with Crippen LogP contribution < -0.4 is 0 Å². The maximum absolute atomic E-state index is 8.64. The fourth-order valence-electron chi connectivity index (χ4n) is 0.263. The third-order valence-electron chi connectivity index (χ3n) is 1.04. The Morgan fingerprint density at radius 2 is 2.25 bits per heavy atom. The first-order valence-electron chi connectivity index (χ1n) is 2.51. The molecular weight excluding hydrogens is 102 g/mol. The van der Waals surface area contributed by atoms with Gasteiger partial charge < -0.3 is 5.11 Å². The molecule has 0 aromatic heterocycles. The molecule has 0 aromatic rings. The van der Waals surface area contributed by atoms with Gasteiger partial charge in [0.1, 0.15) is 6.07 Å². The standard InChI is InChI=1S/C6H9NO/c1-3-5(2)6(8)4-7/h8H,3H2,1-2H3/b6-5+. The third-order valence-corrected chi connectivity index (χ3v) is 1.04. The quantitative estimate of drug-likeness (QED) is 0.318. The van der Waals surface area contributed by atoms with Crippen LogP contribution in [-0.2, 0) is 0 Å². The van der Waals surface area contributed by atoms with E-state index in [1.54, 1.807) is 13.0 Å². The normalized spacial score (nSPS) is 12.1. The van der Waals surface area contributed by atoms with E-state index in [2.05, 4.69) is 0 Å². The van der Waals surface area contributed by atoms with E-state index in [0.29, 0.717) is 0 Å². The molecule has 2 nitrogen and oxygen atoms in total. The third kappa shape index (κ3) is 1.65. The molecule has 0 saturated carbocycles. The number of nitriles is 1. The SMILES string of the molecule is CC/C(C)=C(/O)C#N. The lowest BCUT2D eigenvalue weighted by molar-refractivity contribution is 0.427. The number of allylic oxidation sites excluding steroid dienone is 2. The Hall–Kier alpha value is -0.970. The van der Waals surface area contributed by atoms with E-state index in [0.717, 1.165) is 12.0 Å². The predicted molar refractivity (Wildman–Crippen MR) is 31.2 cm³/mol. The van der Waals surface area contributed by atoms with Crippen molar-refractivity contribution in [3.8, 4) is 6.07 Å². The highest BCUT2D eigenvalue weighted by molar-refractivity contribution is 5.18. The summed E-state index contributed by atoms with van der Waals surface area (Å²) in [5, 5.41) is 16.7. The maximum Gasteiger partial charge on any atom is 0.193 e. The topological polar surface area (TPSA) is 44.0 Å². The maximum atomic E-state index is 8.64. The summed E-state index contributed by atoms with van der Waals surface area (Å²) in [4.78, 5) is 0. The molecule has 0 bridgehead atoms. The van der Waals surface area contributed by atoms with E-state index in [-0.39, 0.29) is 5.76 Å². The summed E-state index contributed by atoms with van der Waals surface area (Å²) < 4.78 is 0. The second kappa shape index (κ2) is 3.09. The number of aliphatic hydroxyl groups is 1. The summed E-state index contributed by atoms with van der Waals surface area (Å²) in [5.41, 5.74) is 0.743. The van der Waals surface area contributed by atoms with E-state index < -0.39 is 0 Å². The Balaban J connectivity index is 4.10. The highest BCUT2D eigenvalue weighted by Gasteiger charge is 1.92. The van der Waals surface area contributed by atoms with Gasteiger partial charge in [0.2, 0.25) is 0 Å². The average molecular weight is 111 g/mol. The molecule has 0 aliphatic rings. The molecule has 44 valence electrons. The zero-order chi connectivity index (χ0) is 6.57. The van der Waals surface area contributed by atoms with Crippen LogP contribution in [0.4, 0.5) is 0 Å². The molecule has 0 saturated heterocycles. The lowest BCUT2D eigenvalue weighted by atomic mass is 10.2. The lowest BCUT2D eigenvalue weighted by Gasteiger charge is -1.90. The lowest BCUT2D eigenvalue weighted by Crippen LogP contribution is -1.80. The molecule has 0 radical (unpaired) electrons. The molecule has 0 atom stereocenters. The van der Waals surface area contributed by atoms with Crippen LogP contribution in [0.3, 0.4) is 0 Å². The summed E-state index contributed by atoms with van der Waals surface area (Å²) in [6.07, 6.45) is 0.736. The zero-order valence-electron chi connectivity index (χ0n) is 5.10. The Morgan fingerprint density at radius 3 is 2.38 bits per heavy atom. The molecule has 0 amide bonds. The summed E-state index contributed by atoms with van der Waals surface area (Å²) in [5.74, 6) is -0.146. The zero-order valence-corrected chi connectivity index (χ0v) is 5.10. The van der Waals surface area contributed by atoms with Crippen molar-refractivity contribution >= 4 is 0 Å². The minimum atomic E-state index is -0.146. The van der Waals surface area contributed by atoms with Gasteiger partial charge >= 0.3 is 0 Å². The molecule has 0 rings (SSSR count). The molecule has 0 aliphatic carbocycles. The minimum absolute atomic E-state index is 0.146. The van der Waals surface area contributed by atoms with Crippen LogP contribution in [0.15, 0.2) is 11.3 Å². The van der Waals surface area contributed by atoms with Gasteiger partial charge in [-0.15, -0.1) is 0 Å². The van der Waals surface area contributed by atoms with Crippen molar-refractivity contribution in [1.29, 1.82) is 5.26 Å². The highest BCUT2D eigenvalue weighted by Crippen LogP contribution is 2.01. The first kappa shape index (κ1) is 7.03. The van der Waals surface area contributed by atoms with Crippen molar-refractivity contribution in [1.82, 2.24) is 0 Å². The van der Waals surface area contributed by atoms with Crippen molar-refractivity contribution < 1.29 is 5.11 Å². The van der Waals surface area contributed by atoms with Crippen LogP contribution in [0.2, 0.25) is 0 Å². The van der Waals surface area contributed by atoms with E-state index in [1.165, 1.54) is 0 Å². The van der Waals surface area contributed by atoms with Crippen molar-refractivity contribution in [3.05, 3.63) is 11.3 Å². The molecule has 8 heavy (non-hydrogen) atoms. The minimum Gasteiger partial charge on any atom is -0.499 e. The first-order valence-corrected chi connectivity index (χ1v) is 2.51. The Morgan fingerprint density at radius 1 is 1.75 bits per heavy atom. The molecule has 0 heterocycles. The van der Waals surface area contributed by atoms with Gasteiger partial charge in [-0.1, -0.05) is 6.92 Å². The van der Waals surface area contributed by atoms with Gasteiger partial charge in [0.05, 0.1) is 0 Å². The number of hydrogen-bond acceptors (Lipinski definition) is 2. The van der Waals surface area contributed by atoms with Gasteiger partial charge in [-0.05, 0) is 18.9 Å². The highest BCUT2D eigenvalue weighted by atomic mass is 16.3. The molecule has 0 aliphatic heterocycles. The van der Waals surface area contributed by atoms with E-state index in [1.807, 2.05) is 6.92 Å². The number of rotatable bonds is 1. The largest absolute Gasteiger partial charge is 0.499 e. The van der Waals surface area contributed by atoms with Crippen molar-refractivity contribution in [2.75, 3.05) is 0 Å². The van der Waals surface area contributed by atoms with Crippen molar-refractivity contribution in [3.63, 3.8) is 0 Å². The van der Waals surface area contributed by atoms with Gasteiger partial charge in [-0.3, -0.25) is 0 Å². The Bertz CT molecular complexity index is 141. The Labute approximate surface area is 49.1 Å². The van der Waals surface area contributed by atoms with Gasteiger partial charge in [0.15, 0.2) is 5.76 Å². The molecule has 0 unspecified atom stereocenters. The van der Waals surface area contributed by atoms with E-state index >= 15 is 0 Å². The van der Waals surface area contributed by atoms with Gasteiger partial charge in [-0.25, -0.2) is 0 Å². The smallest absolute Gasteiger partial charge is 0.193 e. The van der Waals surface area contributed by atoms with Crippen LogP contribution in [-0.4, -0.2) is 5.11 Å². The number of hydrogen-bond donors (Lipinski definition) is 1. The van der Waals surface area contributed by atoms with Crippen LogP contribution in [0, 0.1) is 11.3 Å². The molecule has 0 fully saturated rings. The second-order valence-corrected chi connectivity index (χ2v) is 1.59. The number of nitrogens with zero attached hydrogens (tertiary/aromatic N) is 1. The first-order chi connectivity index (χ1) is 3.72.